The van der Waals surface area contributed by atoms with Crippen LogP contribution in [0.25, 0.3) is 0 Å². The van der Waals surface area contributed by atoms with Crippen LogP contribution < -0.4 is 5.73 Å². The van der Waals surface area contributed by atoms with Crippen molar-refractivity contribution in [2.45, 2.75) is 81.5 Å². The van der Waals surface area contributed by atoms with Crippen molar-refractivity contribution in [2.75, 3.05) is 24.7 Å². The predicted molar refractivity (Wildman–Crippen MR) is 88.8 cm³/mol. The lowest BCUT2D eigenvalue weighted by molar-refractivity contribution is -0.178. The Kier molecular flexibility index (Phi) is 5.52. The second-order valence-electron chi connectivity index (χ2n) is 7.18. The van der Waals surface area contributed by atoms with E-state index in [-0.39, 0.29) is 11.2 Å². The summed E-state index contributed by atoms with van der Waals surface area (Å²) in [5, 5.41) is 0. The first-order chi connectivity index (χ1) is 10.3. The Morgan fingerprint density at radius 2 is 1.76 bits per heavy atom. The maximum atomic E-state index is 6.66. The molecule has 122 valence electrons. The van der Waals surface area contributed by atoms with Crippen LogP contribution in [-0.2, 0) is 9.47 Å². The van der Waals surface area contributed by atoms with Gasteiger partial charge in [0, 0.05) is 19.6 Å². The summed E-state index contributed by atoms with van der Waals surface area (Å²) in [7, 11) is 0. The second kappa shape index (κ2) is 7.20. The molecule has 1 spiro atoms. The van der Waals surface area contributed by atoms with Crippen LogP contribution in [0.15, 0.2) is 0 Å². The largest absolute Gasteiger partial charge is 0.375 e. The summed E-state index contributed by atoms with van der Waals surface area (Å²) in [4.78, 5) is 0. The highest BCUT2D eigenvalue weighted by atomic mass is 32.2. The third-order valence-electron chi connectivity index (χ3n) is 5.66. The third-order valence-corrected chi connectivity index (χ3v) is 6.64. The Bertz CT molecular complexity index is 317. The van der Waals surface area contributed by atoms with Gasteiger partial charge in [-0.2, -0.15) is 11.8 Å². The van der Waals surface area contributed by atoms with Crippen LogP contribution in [-0.4, -0.2) is 42.0 Å². The van der Waals surface area contributed by atoms with Crippen LogP contribution in [0.3, 0.4) is 0 Å². The average molecular weight is 314 g/mol. The molecule has 2 heterocycles. The summed E-state index contributed by atoms with van der Waals surface area (Å²) >= 11 is 2.07. The van der Waals surface area contributed by atoms with Crippen LogP contribution in [0.4, 0.5) is 0 Å². The molecule has 2 N–H and O–H groups in total. The summed E-state index contributed by atoms with van der Waals surface area (Å²) in [6.07, 6.45) is 12.5. The van der Waals surface area contributed by atoms with Gasteiger partial charge in [0.2, 0.25) is 0 Å². The monoisotopic (exact) mass is 313 g/mol. The topological polar surface area (TPSA) is 44.5 Å². The molecule has 0 amide bonds. The highest BCUT2D eigenvalue weighted by Crippen LogP contribution is 2.40. The lowest BCUT2D eigenvalue weighted by Gasteiger charge is -2.46. The van der Waals surface area contributed by atoms with E-state index in [0.717, 1.165) is 32.3 Å². The van der Waals surface area contributed by atoms with Gasteiger partial charge in [0.25, 0.3) is 0 Å². The third kappa shape index (κ3) is 3.95. The minimum atomic E-state index is -0.0386. The van der Waals surface area contributed by atoms with Crippen LogP contribution in [0.5, 0.6) is 0 Å². The molecule has 3 rings (SSSR count). The molecule has 2 aliphatic heterocycles. The van der Waals surface area contributed by atoms with E-state index in [2.05, 4.69) is 11.8 Å². The van der Waals surface area contributed by atoms with E-state index in [1.54, 1.807) is 0 Å². The molecule has 1 aliphatic carbocycles. The van der Waals surface area contributed by atoms with Crippen LogP contribution in [0.1, 0.15) is 64.2 Å². The van der Waals surface area contributed by atoms with E-state index in [4.69, 9.17) is 15.2 Å². The lowest BCUT2D eigenvalue weighted by atomic mass is 9.85. The Balaban J connectivity index is 1.62. The molecule has 21 heavy (non-hydrogen) atoms. The number of nitrogens with two attached hydrogens (primary N) is 1. The molecular formula is C17H31NO2S. The maximum Gasteiger partial charge on any atom is 0.0807 e. The van der Waals surface area contributed by atoms with Crippen LogP contribution >= 0.6 is 11.8 Å². The fraction of sp³-hybridized carbons (Fsp3) is 1.00. The summed E-state index contributed by atoms with van der Waals surface area (Å²) in [5.74, 6) is 2.49. The molecule has 1 unspecified atom stereocenters. The zero-order chi connectivity index (χ0) is 14.6. The van der Waals surface area contributed by atoms with Crippen molar-refractivity contribution in [3.05, 3.63) is 0 Å². The van der Waals surface area contributed by atoms with Crippen LogP contribution in [0.2, 0.25) is 0 Å². The zero-order valence-corrected chi connectivity index (χ0v) is 14.1. The maximum absolute atomic E-state index is 6.66. The molecule has 1 atom stereocenters. The lowest BCUT2D eigenvalue weighted by Crippen LogP contribution is -2.50. The number of thioether (sulfide) groups is 1. The molecule has 0 bridgehead atoms. The molecule has 3 fully saturated rings. The fourth-order valence-corrected chi connectivity index (χ4v) is 5.51. The van der Waals surface area contributed by atoms with Crippen LogP contribution in [0, 0.1) is 0 Å². The zero-order valence-electron chi connectivity index (χ0n) is 13.3. The van der Waals surface area contributed by atoms with Crippen molar-refractivity contribution in [3.8, 4) is 0 Å². The highest BCUT2D eigenvalue weighted by Gasteiger charge is 2.42. The molecule has 4 heteroatoms. The van der Waals surface area contributed by atoms with Crippen molar-refractivity contribution < 1.29 is 9.47 Å². The number of hydrogen-bond acceptors (Lipinski definition) is 4. The molecule has 2 saturated heterocycles. The van der Waals surface area contributed by atoms with Gasteiger partial charge >= 0.3 is 0 Å². The molecule has 3 nitrogen and oxygen atoms in total. The van der Waals surface area contributed by atoms with E-state index in [0.29, 0.717) is 12.6 Å². The summed E-state index contributed by atoms with van der Waals surface area (Å²) in [6.45, 7) is 1.56. The Morgan fingerprint density at radius 3 is 2.43 bits per heavy atom. The van der Waals surface area contributed by atoms with Crippen molar-refractivity contribution in [1.29, 1.82) is 0 Å². The average Bonchev–Trinajstić information content (AvgIpc) is 2.74. The Labute approximate surface area is 133 Å². The number of hydrogen-bond donors (Lipinski definition) is 1. The number of rotatable bonds is 3. The van der Waals surface area contributed by atoms with Gasteiger partial charge in [-0.15, -0.1) is 0 Å². The number of ether oxygens (including phenoxy) is 2. The first kappa shape index (κ1) is 16.1. The van der Waals surface area contributed by atoms with E-state index < -0.39 is 0 Å². The van der Waals surface area contributed by atoms with Gasteiger partial charge in [0.15, 0.2) is 0 Å². The van der Waals surface area contributed by atoms with Gasteiger partial charge in [-0.25, -0.2) is 0 Å². The van der Waals surface area contributed by atoms with E-state index in [1.807, 2.05) is 0 Å². The van der Waals surface area contributed by atoms with Crippen molar-refractivity contribution in [3.63, 3.8) is 0 Å². The molecule has 3 aliphatic rings. The Hall–Kier alpha value is 0.230. The Morgan fingerprint density at radius 1 is 1.05 bits per heavy atom. The fourth-order valence-electron chi connectivity index (χ4n) is 4.27. The molecule has 0 aromatic rings. The van der Waals surface area contributed by atoms with Crippen molar-refractivity contribution >= 4 is 11.8 Å². The smallest absolute Gasteiger partial charge is 0.0807 e. The van der Waals surface area contributed by atoms with Gasteiger partial charge in [-0.3, -0.25) is 0 Å². The van der Waals surface area contributed by atoms with Crippen molar-refractivity contribution in [2.24, 2.45) is 5.73 Å². The molecular weight excluding hydrogens is 282 g/mol. The molecule has 0 aromatic carbocycles. The molecule has 1 saturated carbocycles. The minimum Gasteiger partial charge on any atom is -0.375 e. The first-order valence-corrected chi connectivity index (χ1v) is 10.0. The SMILES string of the molecule is NCC1(OC2CCOC3(CCSCC3)C2)CCCCCC1. The van der Waals surface area contributed by atoms with Crippen molar-refractivity contribution in [1.82, 2.24) is 0 Å². The predicted octanol–water partition coefficient (Wildman–Crippen LogP) is 3.50. The summed E-state index contributed by atoms with van der Waals surface area (Å²) in [6, 6.07) is 0. The molecule has 0 aromatic heterocycles. The highest BCUT2D eigenvalue weighted by molar-refractivity contribution is 7.99. The van der Waals surface area contributed by atoms with E-state index in [9.17, 15) is 0 Å². The van der Waals surface area contributed by atoms with E-state index >= 15 is 0 Å². The normalized spacial score (nSPS) is 32.7. The summed E-state index contributed by atoms with van der Waals surface area (Å²) < 4.78 is 12.9. The van der Waals surface area contributed by atoms with Gasteiger partial charge in [0.05, 0.1) is 17.3 Å². The van der Waals surface area contributed by atoms with Gasteiger partial charge in [-0.05, 0) is 43.6 Å². The van der Waals surface area contributed by atoms with Gasteiger partial charge < -0.3 is 15.2 Å². The second-order valence-corrected chi connectivity index (χ2v) is 8.40. The quantitative estimate of drug-likeness (QED) is 0.810. The van der Waals surface area contributed by atoms with Gasteiger partial charge in [0.1, 0.15) is 0 Å². The molecule has 0 radical (unpaired) electrons. The standard InChI is InChI=1S/C17H31NO2S/c18-14-17(6-3-1-2-4-7-17)20-15-5-10-19-16(13-15)8-11-21-12-9-16/h15H,1-14,18H2. The van der Waals surface area contributed by atoms with E-state index in [1.165, 1.54) is 50.0 Å². The summed E-state index contributed by atoms with van der Waals surface area (Å²) in [5.41, 5.74) is 6.22. The first-order valence-electron chi connectivity index (χ1n) is 8.86. The van der Waals surface area contributed by atoms with Gasteiger partial charge in [-0.1, -0.05) is 25.7 Å². The minimum absolute atomic E-state index is 0.0386.